The lowest BCUT2D eigenvalue weighted by Crippen LogP contribution is -2.47. The smallest absolute Gasteiger partial charge is 0.287 e. The van der Waals surface area contributed by atoms with Gasteiger partial charge in [-0.1, -0.05) is 60.7 Å². The first-order chi connectivity index (χ1) is 16.4. The Morgan fingerprint density at radius 1 is 0.941 bits per heavy atom. The van der Waals surface area contributed by atoms with E-state index in [9.17, 15) is 14.4 Å². The number of carbonyl (C=O) groups excluding carboxylic acids is 3. The summed E-state index contributed by atoms with van der Waals surface area (Å²) in [4.78, 5) is 45.4. The summed E-state index contributed by atoms with van der Waals surface area (Å²) in [6.45, 7) is 1.76. The molecule has 2 aromatic carbocycles. The third-order valence-electron chi connectivity index (χ3n) is 5.20. The molecule has 170 valence electrons. The molecule has 34 heavy (non-hydrogen) atoms. The summed E-state index contributed by atoms with van der Waals surface area (Å²) < 4.78 is 1.44. The van der Waals surface area contributed by atoms with Crippen molar-refractivity contribution < 1.29 is 14.4 Å². The van der Waals surface area contributed by atoms with Crippen molar-refractivity contribution in [3.63, 3.8) is 0 Å². The third kappa shape index (κ3) is 5.04. The SMILES string of the molecule is Cc1cc(C(=O)NC(Cc2ccccc2)C(=O)C(N)=O)nn1-c1ncc(-c2ccccc2)cn1. The number of amides is 2. The zero-order valence-corrected chi connectivity index (χ0v) is 18.4. The Bertz CT molecular complexity index is 1320. The molecule has 0 aliphatic rings. The molecule has 2 heterocycles. The number of carbonyl (C=O) groups is 3. The number of aryl methyl sites for hydroxylation is 1. The van der Waals surface area contributed by atoms with Gasteiger partial charge in [0.2, 0.25) is 5.78 Å². The second-order valence-corrected chi connectivity index (χ2v) is 7.66. The number of Topliss-reactive ketones (excluding diaryl/α,β-unsaturated/α-hetero) is 1. The molecule has 0 spiro atoms. The van der Waals surface area contributed by atoms with Crippen molar-refractivity contribution in [2.24, 2.45) is 5.73 Å². The molecular formula is C25H22N6O3. The Balaban J connectivity index is 1.53. The quantitative estimate of drug-likeness (QED) is 0.392. The maximum Gasteiger partial charge on any atom is 0.287 e. The van der Waals surface area contributed by atoms with E-state index in [4.69, 9.17) is 5.73 Å². The van der Waals surface area contributed by atoms with Gasteiger partial charge in [0.15, 0.2) is 5.69 Å². The van der Waals surface area contributed by atoms with Crippen molar-refractivity contribution in [1.29, 1.82) is 0 Å². The number of hydrogen-bond acceptors (Lipinski definition) is 6. The Morgan fingerprint density at radius 2 is 1.56 bits per heavy atom. The summed E-state index contributed by atoms with van der Waals surface area (Å²) in [6.07, 6.45) is 3.48. The summed E-state index contributed by atoms with van der Waals surface area (Å²) in [5.74, 6) is -2.31. The summed E-state index contributed by atoms with van der Waals surface area (Å²) in [6, 6.07) is 19.2. The van der Waals surface area contributed by atoms with Gasteiger partial charge in [-0.15, -0.1) is 0 Å². The molecule has 0 aliphatic carbocycles. The molecular weight excluding hydrogens is 432 g/mol. The third-order valence-corrected chi connectivity index (χ3v) is 5.20. The van der Waals surface area contributed by atoms with Crippen LogP contribution in [0, 0.1) is 6.92 Å². The maximum absolute atomic E-state index is 12.9. The highest BCUT2D eigenvalue weighted by Gasteiger charge is 2.27. The Kier molecular flexibility index (Phi) is 6.54. The minimum Gasteiger partial charge on any atom is -0.363 e. The molecule has 1 unspecified atom stereocenters. The van der Waals surface area contributed by atoms with Crippen molar-refractivity contribution in [2.75, 3.05) is 0 Å². The predicted octanol–water partition coefficient (Wildman–Crippen LogP) is 2.03. The fourth-order valence-electron chi connectivity index (χ4n) is 3.46. The molecule has 2 aromatic heterocycles. The van der Waals surface area contributed by atoms with Crippen LogP contribution < -0.4 is 11.1 Å². The minimum absolute atomic E-state index is 0.0589. The molecule has 9 nitrogen and oxygen atoms in total. The second-order valence-electron chi connectivity index (χ2n) is 7.66. The number of aromatic nitrogens is 4. The molecule has 0 saturated heterocycles. The normalized spacial score (nSPS) is 11.6. The molecule has 0 saturated carbocycles. The van der Waals surface area contributed by atoms with Crippen LogP contribution >= 0.6 is 0 Å². The number of hydrogen-bond donors (Lipinski definition) is 2. The van der Waals surface area contributed by atoms with E-state index < -0.39 is 23.6 Å². The monoisotopic (exact) mass is 454 g/mol. The highest BCUT2D eigenvalue weighted by molar-refractivity contribution is 6.38. The van der Waals surface area contributed by atoms with E-state index in [1.54, 1.807) is 49.6 Å². The minimum atomic E-state index is -1.12. The van der Waals surface area contributed by atoms with Crippen LogP contribution in [0.15, 0.2) is 79.1 Å². The Hall–Kier alpha value is -4.66. The zero-order chi connectivity index (χ0) is 24.1. The van der Waals surface area contributed by atoms with Gasteiger partial charge in [-0.2, -0.15) is 5.10 Å². The molecule has 1 atom stereocenters. The van der Waals surface area contributed by atoms with Gasteiger partial charge < -0.3 is 11.1 Å². The van der Waals surface area contributed by atoms with Crippen LogP contribution in [-0.4, -0.2) is 43.4 Å². The molecule has 0 aliphatic heterocycles. The second kappa shape index (κ2) is 9.86. The maximum atomic E-state index is 12.9. The predicted molar refractivity (Wildman–Crippen MR) is 125 cm³/mol. The van der Waals surface area contributed by atoms with Gasteiger partial charge in [0.05, 0.1) is 0 Å². The van der Waals surface area contributed by atoms with Gasteiger partial charge in [-0.05, 0) is 24.1 Å². The molecule has 2 amide bonds. The van der Waals surface area contributed by atoms with Crippen LogP contribution in [0.2, 0.25) is 0 Å². The highest BCUT2D eigenvalue weighted by Crippen LogP contribution is 2.18. The molecule has 4 aromatic rings. The van der Waals surface area contributed by atoms with Crippen LogP contribution in [0.4, 0.5) is 0 Å². The van der Waals surface area contributed by atoms with E-state index >= 15 is 0 Å². The molecule has 4 rings (SSSR count). The van der Waals surface area contributed by atoms with E-state index in [2.05, 4.69) is 20.4 Å². The fraction of sp³-hybridized carbons (Fsp3) is 0.120. The summed E-state index contributed by atoms with van der Waals surface area (Å²) >= 11 is 0. The molecule has 3 N–H and O–H groups in total. The van der Waals surface area contributed by atoms with E-state index in [1.165, 1.54) is 4.68 Å². The van der Waals surface area contributed by atoms with Gasteiger partial charge in [0.1, 0.15) is 6.04 Å². The van der Waals surface area contributed by atoms with E-state index in [-0.39, 0.29) is 12.1 Å². The first kappa shape index (κ1) is 22.5. The standard InChI is InChI=1S/C25H22N6O3/c1-16-12-21(24(34)29-20(22(32)23(26)33)13-17-8-4-2-5-9-17)30-31(16)25-27-14-19(15-28-25)18-10-6-3-7-11-18/h2-12,14-15,20H,13H2,1H3,(H2,26,33)(H,29,34). The van der Waals surface area contributed by atoms with Crippen LogP contribution in [0.3, 0.4) is 0 Å². The number of benzene rings is 2. The van der Waals surface area contributed by atoms with Gasteiger partial charge in [0, 0.05) is 30.1 Å². The van der Waals surface area contributed by atoms with Crippen LogP contribution in [-0.2, 0) is 16.0 Å². The zero-order valence-electron chi connectivity index (χ0n) is 18.4. The lowest BCUT2D eigenvalue weighted by Gasteiger charge is -2.15. The average Bonchev–Trinajstić information content (AvgIpc) is 3.26. The molecule has 0 bridgehead atoms. The summed E-state index contributed by atoms with van der Waals surface area (Å²) in [5, 5.41) is 6.88. The lowest BCUT2D eigenvalue weighted by atomic mass is 10.0. The van der Waals surface area contributed by atoms with Crippen molar-refractivity contribution in [1.82, 2.24) is 25.1 Å². The summed E-state index contributed by atoms with van der Waals surface area (Å²) in [7, 11) is 0. The largest absolute Gasteiger partial charge is 0.363 e. The first-order valence-electron chi connectivity index (χ1n) is 10.6. The molecule has 9 heteroatoms. The van der Waals surface area contributed by atoms with Crippen molar-refractivity contribution in [3.05, 3.63) is 96.1 Å². The van der Waals surface area contributed by atoms with Crippen LogP contribution in [0.1, 0.15) is 21.7 Å². The van der Waals surface area contributed by atoms with Gasteiger partial charge in [-0.3, -0.25) is 14.4 Å². The van der Waals surface area contributed by atoms with Gasteiger partial charge in [-0.25, -0.2) is 14.6 Å². The lowest BCUT2D eigenvalue weighted by molar-refractivity contribution is -0.137. The highest BCUT2D eigenvalue weighted by atomic mass is 16.2. The molecule has 0 radical (unpaired) electrons. The van der Waals surface area contributed by atoms with E-state index in [1.807, 2.05) is 36.4 Å². The van der Waals surface area contributed by atoms with E-state index in [0.29, 0.717) is 11.6 Å². The number of nitrogens with two attached hydrogens (primary N) is 1. The van der Waals surface area contributed by atoms with Crippen molar-refractivity contribution in [2.45, 2.75) is 19.4 Å². The Labute approximate surface area is 195 Å². The van der Waals surface area contributed by atoms with E-state index in [0.717, 1.165) is 16.7 Å². The summed E-state index contributed by atoms with van der Waals surface area (Å²) in [5.41, 5.74) is 8.47. The molecule has 0 fully saturated rings. The van der Waals surface area contributed by atoms with Gasteiger partial charge >= 0.3 is 0 Å². The average molecular weight is 454 g/mol. The van der Waals surface area contributed by atoms with Crippen molar-refractivity contribution in [3.8, 4) is 17.1 Å². The van der Waals surface area contributed by atoms with Crippen molar-refractivity contribution >= 4 is 17.6 Å². The van der Waals surface area contributed by atoms with Crippen LogP contribution in [0.5, 0.6) is 0 Å². The number of nitrogens with zero attached hydrogens (tertiary/aromatic N) is 4. The topological polar surface area (TPSA) is 133 Å². The number of ketones is 1. The number of nitrogens with one attached hydrogen (secondary N) is 1. The number of rotatable bonds is 8. The van der Waals surface area contributed by atoms with Crippen LogP contribution in [0.25, 0.3) is 17.1 Å². The Morgan fingerprint density at radius 3 is 2.18 bits per heavy atom. The van der Waals surface area contributed by atoms with Gasteiger partial charge in [0.25, 0.3) is 17.8 Å². The number of primary amides is 1. The first-order valence-corrected chi connectivity index (χ1v) is 10.6. The fourth-order valence-corrected chi connectivity index (χ4v) is 3.46.